The smallest absolute Gasteiger partial charge is 0.138 e. The summed E-state index contributed by atoms with van der Waals surface area (Å²) in [5, 5.41) is 0. The maximum atomic E-state index is 6.07. The summed E-state index contributed by atoms with van der Waals surface area (Å²) in [4.78, 5) is 12.2. The number of nitrogens with zero attached hydrogens (tertiary/aromatic N) is 2. The van der Waals surface area contributed by atoms with E-state index in [2.05, 4.69) is 29.0 Å². The number of hydrogen-bond donors (Lipinski definition) is 1. The van der Waals surface area contributed by atoms with E-state index >= 15 is 0 Å². The van der Waals surface area contributed by atoms with Crippen LogP contribution in [0.1, 0.15) is 37.3 Å². The van der Waals surface area contributed by atoms with Crippen LogP contribution >= 0.6 is 0 Å². The summed E-state index contributed by atoms with van der Waals surface area (Å²) >= 11 is 0. The van der Waals surface area contributed by atoms with E-state index in [1.54, 1.807) is 6.20 Å². The van der Waals surface area contributed by atoms with E-state index in [1.807, 2.05) is 12.3 Å². The lowest BCUT2D eigenvalue weighted by molar-refractivity contribution is 0.307. The number of aromatic nitrogens is 3. The molecule has 0 spiro atoms. The minimum atomic E-state index is 0.788. The van der Waals surface area contributed by atoms with Crippen molar-refractivity contribution in [2.24, 2.45) is 0 Å². The Morgan fingerprint density at radius 1 is 1.26 bits per heavy atom. The van der Waals surface area contributed by atoms with Gasteiger partial charge in [-0.05, 0) is 55.0 Å². The molecule has 0 atom stereocenters. The molecule has 0 amide bonds. The average molecular weight is 307 g/mol. The van der Waals surface area contributed by atoms with Crippen LogP contribution < -0.4 is 4.74 Å². The third kappa shape index (κ3) is 2.69. The van der Waals surface area contributed by atoms with Crippen molar-refractivity contribution in [3.05, 3.63) is 41.7 Å². The molecule has 0 saturated heterocycles. The Kier molecular flexibility index (Phi) is 3.74. The third-order valence-corrected chi connectivity index (χ3v) is 4.49. The molecular weight excluding hydrogens is 286 g/mol. The molecule has 2 aromatic heterocycles. The highest BCUT2D eigenvalue weighted by Crippen LogP contribution is 2.35. The van der Waals surface area contributed by atoms with Crippen molar-refractivity contribution in [3.8, 4) is 17.1 Å². The van der Waals surface area contributed by atoms with E-state index in [-0.39, 0.29) is 0 Å². The summed E-state index contributed by atoms with van der Waals surface area (Å²) in [6.45, 7) is 2.98. The molecule has 0 fully saturated rings. The van der Waals surface area contributed by atoms with E-state index < -0.39 is 0 Å². The fourth-order valence-electron chi connectivity index (χ4n) is 3.25. The molecule has 1 aromatic carbocycles. The van der Waals surface area contributed by atoms with Crippen LogP contribution in [0.4, 0.5) is 0 Å². The number of rotatable bonds is 5. The number of nitrogens with one attached hydrogen (secondary N) is 1. The van der Waals surface area contributed by atoms with E-state index in [9.17, 15) is 0 Å². The minimum Gasteiger partial charge on any atom is -0.493 e. The average Bonchev–Trinajstić information content (AvgIpc) is 3.21. The standard InChI is InChI=1S/C19H21N3O/c1-2-3-9-23-18-11-14(10-13-5-4-6-15(13)18)19-21-16-7-8-20-12-17(16)22-19/h7-8,10-12H,2-6,9H2,1H3,(H,21,22). The van der Waals surface area contributed by atoms with E-state index in [0.717, 1.165) is 60.5 Å². The first-order valence-electron chi connectivity index (χ1n) is 8.44. The molecule has 0 radical (unpaired) electrons. The van der Waals surface area contributed by atoms with Gasteiger partial charge in [-0.3, -0.25) is 4.98 Å². The van der Waals surface area contributed by atoms with Crippen LogP contribution in [-0.2, 0) is 12.8 Å². The van der Waals surface area contributed by atoms with Gasteiger partial charge in [-0.1, -0.05) is 13.3 Å². The zero-order valence-electron chi connectivity index (χ0n) is 13.4. The molecule has 0 aliphatic heterocycles. The van der Waals surface area contributed by atoms with Crippen LogP contribution in [-0.4, -0.2) is 21.6 Å². The number of hydrogen-bond acceptors (Lipinski definition) is 3. The second kappa shape index (κ2) is 6.03. The van der Waals surface area contributed by atoms with Gasteiger partial charge in [0.2, 0.25) is 0 Å². The molecule has 118 valence electrons. The van der Waals surface area contributed by atoms with Gasteiger partial charge in [0.1, 0.15) is 11.6 Å². The predicted molar refractivity (Wildman–Crippen MR) is 91.8 cm³/mol. The van der Waals surface area contributed by atoms with Gasteiger partial charge in [-0.2, -0.15) is 0 Å². The van der Waals surface area contributed by atoms with Crippen LogP contribution in [0.25, 0.3) is 22.4 Å². The second-order valence-electron chi connectivity index (χ2n) is 6.15. The Morgan fingerprint density at radius 2 is 2.22 bits per heavy atom. The molecule has 23 heavy (non-hydrogen) atoms. The van der Waals surface area contributed by atoms with Gasteiger partial charge >= 0.3 is 0 Å². The van der Waals surface area contributed by atoms with Gasteiger partial charge in [0, 0.05) is 11.8 Å². The molecule has 0 saturated carbocycles. The van der Waals surface area contributed by atoms with Crippen LogP contribution in [0.5, 0.6) is 5.75 Å². The van der Waals surface area contributed by atoms with Crippen molar-refractivity contribution < 1.29 is 4.74 Å². The van der Waals surface area contributed by atoms with Gasteiger partial charge in [0.25, 0.3) is 0 Å². The summed E-state index contributed by atoms with van der Waals surface area (Å²) in [5.74, 6) is 1.94. The highest BCUT2D eigenvalue weighted by Gasteiger charge is 2.19. The van der Waals surface area contributed by atoms with Crippen molar-refractivity contribution in [1.29, 1.82) is 0 Å². The lowest BCUT2D eigenvalue weighted by Gasteiger charge is -2.12. The molecule has 0 unspecified atom stereocenters. The van der Waals surface area contributed by atoms with Crippen LogP contribution in [0.15, 0.2) is 30.6 Å². The lowest BCUT2D eigenvalue weighted by atomic mass is 10.0. The molecule has 4 nitrogen and oxygen atoms in total. The molecule has 3 aromatic rings. The quantitative estimate of drug-likeness (QED) is 0.715. The third-order valence-electron chi connectivity index (χ3n) is 4.49. The Bertz CT molecular complexity index is 805. The van der Waals surface area contributed by atoms with E-state index in [0.29, 0.717) is 0 Å². The lowest BCUT2D eigenvalue weighted by Crippen LogP contribution is -2.00. The number of benzene rings is 1. The van der Waals surface area contributed by atoms with Crippen molar-refractivity contribution in [3.63, 3.8) is 0 Å². The molecule has 0 bridgehead atoms. The Morgan fingerprint density at radius 3 is 3.09 bits per heavy atom. The van der Waals surface area contributed by atoms with Crippen molar-refractivity contribution in [2.75, 3.05) is 6.61 Å². The zero-order chi connectivity index (χ0) is 15.6. The summed E-state index contributed by atoms with van der Waals surface area (Å²) in [5.41, 5.74) is 5.82. The first-order chi connectivity index (χ1) is 11.3. The number of fused-ring (bicyclic) bond motifs is 2. The molecule has 1 aliphatic carbocycles. The SMILES string of the molecule is CCCCOc1cc(-c2nc3ccncc3[nH]2)cc2c1CCC2. The summed E-state index contributed by atoms with van der Waals surface area (Å²) in [7, 11) is 0. The van der Waals surface area contributed by atoms with E-state index in [1.165, 1.54) is 17.5 Å². The van der Waals surface area contributed by atoms with Crippen LogP contribution in [0.3, 0.4) is 0 Å². The Hall–Kier alpha value is -2.36. The largest absolute Gasteiger partial charge is 0.493 e. The molecule has 4 heteroatoms. The summed E-state index contributed by atoms with van der Waals surface area (Å²) in [6.07, 6.45) is 9.31. The highest BCUT2D eigenvalue weighted by molar-refractivity contribution is 5.79. The number of imidazole rings is 1. The van der Waals surface area contributed by atoms with Gasteiger partial charge in [-0.15, -0.1) is 0 Å². The number of aryl methyl sites for hydroxylation is 1. The first kappa shape index (κ1) is 14.2. The van der Waals surface area contributed by atoms with Gasteiger partial charge in [0.05, 0.1) is 23.8 Å². The van der Waals surface area contributed by atoms with Gasteiger partial charge < -0.3 is 9.72 Å². The van der Waals surface area contributed by atoms with Crippen molar-refractivity contribution in [2.45, 2.75) is 39.0 Å². The fraction of sp³-hybridized carbons (Fsp3) is 0.368. The van der Waals surface area contributed by atoms with Crippen molar-refractivity contribution >= 4 is 11.0 Å². The second-order valence-corrected chi connectivity index (χ2v) is 6.15. The van der Waals surface area contributed by atoms with Gasteiger partial charge in [0.15, 0.2) is 0 Å². The maximum Gasteiger partial charge on any atom is 0.138 e. The molecule has 4 rings (SSSR count). The number of H-pyrrole nitrogens is 1. The maximum absolute atomic E-state index is 6.07. The van der Waals surface area contributed by atoms with Crippen molar-refractivity contribution in [1.82, 2.24) is 15.0 Å². The first-order valence-corrected chi connectivity index (χ1v) is 8.44. The fourth-order valence-corrected chi connectivity index (χ4v) is 3.25. The predicted octanol–water partition coefficient (Wildman–Crippen LogP) is 4.29. The molecule has 2 heterocycles. The van der Waals surface area contributed by atoms with Gasteiger partial charge in [-0.25, -0.2) is 4.98 Å². The molecule has 1 N–H and O–H groups in total. The van der Waals surface area contributed by atoms with Crippen LogP contribution in [0.2, 0.25) is 0 Å². The normalized spacial score (nSPS) is 13.4. The number of pyridine rings is 1. The van der Waals surface area contributed by atoms with E-state index in [4.69, 9.17) is 9.72 Å². The molecule has 1 aliphatic rings. The monoisotopic (exact) mass is 307 g/mol. The zero-order valence-corrected chi connectivity index (χ0v) is 13.4. The number of unbranched alkanes of at least 4 members (excludes halogenated alkanes) is 1. The molecular formula is C19H21N3O. The minimum absolute atomic E-state index is 0.788. The Labute approximate surface area is 135 Å². The Balaban J connectivity index is 1.74. The summed E-state index contributed by atoms with van der Waals surface area (Å²) < 4.78 is 6.07. The number of ether oxygens (including phenoxy) is 1. The topological polar surface area (TPSA) is 50.8 Å². The van der Waals surface area contributed by atoms with Crippen LogP contribution in [0, 0.1) is 0 Å². The highest BCUT2D eigenvalue weighted by atomic mass is 16.5. The number of aromatic amines is 1. The summed E-state index contributed by atoms with van der Waals surface area (Å²) in [6, 6.07) is 6.34.